The highest BCUT2D eigenvalue weighted by atomic mass is 35.5. The Morgan fingerprint density at radius 2 is 2.35 bits per heavy atom. The van der Waals surface area contributed by atoms with Crippen LogP contribution in [0.1, 0.15) is 24.8 Å². The van der Waals surface area contributed by atoms with E-state index in [0.29, 0.717) is 12.3 Å². The maximum atomic E-state index is 8.78. The fourth-order valence-corrected chi connectivity index (χ4v) is 2.67. The van der Waals surface area contributed by atoms with E-state index in [1.165, 1.54) is 17.7 Å². The topological polar surface area (TPSA) is 27.0 Å². The van der Waals surface area contributed by atoms with Crippen LogP contribution in [0, 0.1) is 24.2 Å². The van der Waals surface area contributed by atoms with Crippen LogP contribution in [0.15, 0.2) is 18.2 Å². The molecule has 0 aliphatic carbocycles. The first-order valence-electron chi connectivity index (χ1n) is 6.08. The Morgan fingerprint density at radius 1 is 1.53 bits per heavy atom. The fourth-order valence-electron chi connectivity index (χ4n) is 2.50. The second-order valence-electron chi connectivity index (χ2n) is 4.75. The maximum Gasteiger partial charge on any atom is 0.0625 e. The van der Waals surface area contributed by atoms with Gasteiger partial charge in [-0.2, -0.15) is 5.26 Å². The standard InChI is InChI=1S/C14H17ClN2/c1-11-4-5-13(15)9-14(11)17-8-2-3-12(10-17)6-7-16/h4-5,9,12H,2-3,6,8,10H2,1H3. The molecule has 0 N–H and O–H groups in total. The zero-order chi connectivity index (χ0) is 12.3. The lowest BCUT2D eigenvalue weighted by atomic mass is 9.94. The Bertz CT molecular complexity index is 436. The Labute approximate surface area is 108 Å². The highest BCUT2D eigenvalue weighted by Crippen LogP contribution is 2.29. The summed E-state index contributed by atoms with van der Waals surface area (Å²) in [5.41, 5.74) is 2.48. The minimum Gasteiger partial charge on any atom is -0.371 e. The van der Waals surface area contributed by atoms with Crippen molar-refractivity contribution in [3.8, 4) is 6.07 Å². The predicted octanol–water partition coefficient (Wildman–Crippen LogP) is 3.78. The van der Waals surface area contributed by atoms with Crippen molar-refractivity contribution in [2.24, 2.45) is 5.92 Å². The molecule has 2 nitrogen and oxygen atoms in total. The minimum atomic E-state index is 0.507. The number of nitrogens with zero attached hydrogens (tertiary/aromatic N) is 2. The average molecular weight is 249 g/mol. The van der Waals surface area contributed by atoms with Gasteiger partial charge in [0.25, 0.3) is 0 Å². The predicted molar refractivity (Wildman–Crippen MR) is 71.4 cm³/mol. The molecule has 17 heavy (non-hydrogen) atoms. The second kappa shape index (κ2) is 5.42. The van der Waals surface area contributed by atoms with Crippen LogP contribution in [0.4, 0.5) is 5.69 Å². The van der Waals surface area contributed by atoms with Crippen molar-refractivity contribution in [1.82, 2.24) is 0 Å². The molecule has 0 aromatic heterocycles. The second-order valence-corrected chi connectivity index (χ2v) is 5.18. The number of nitriles is 1. The Kier molecular flexibility index (Phi) is 3.91. The molecule has 1 atom stereocenters. The van der Waals surface area contributed by atoms with E-state index >= 15 is 0 Å². The molecule has 2 rings (SSSR count). The van der Waals surface area contributed by atoms with Gasteiger partial charge >= 0.3 is 0 Å². The first-order valence-corrected chi connectivity index (χ1v) is 6.46. The van der Waals surface area contributed by atoms with Crippen LogP contribution < -0.4 is 4.90 Å². The van der Waals surface area contributed by atoms with E-state index in [1.54, 1.807) is 0 Å². The summed E-state index contributed by atoms with van der Waals surface area (Å²) in [6.07, 6.45) is 3.00. The Morgan fingerprint density at radius 3 is 3.12 bits per heavy atom. The van der Waals surface area contributed by atoms with Crippen LogP contribution in [0.3, 0.4) is 0 Å². The molecule has 1 unspecified atom stereocenters. The molecule has 1 fully saturated rings. The third-order valence-electron chi connectivity index (χ3n) is 3.41. The third kappa shape index (κ3) is 2.92. The van der Waals surface area contributed by atoms with Gasteiger partial charge in [0.1, 0.15) is 0 Å². The van der Waals surface area contributed by atoms with Gasteiger partial charge in [-0.1, -0.05) is 17.7 Å². The summed E-state index contributed by atoms with van der Waals surface area (Å²) in [4.78, 5) is 2.37. The molecule has 1 saturated heterocycles. The van der Waals surface area contributed by atoms with Crippen LogP contribution in [0.2, 0.25) is 5.02 Å². The van der Waals surface area contributed by atoms with Gasteiger partial charge in [0.05, 0.1) is 6.07 Å². The maximum absolute atomic E-state index is 8.78. The highest BCUT2D eigenvalue weighted by Gasteiger charge is 2.20. The summed E-state index contributed by atoms with van der Waals surface area (Å²) in [6, 6.07) is 8.30. The van der Waals surface area contributed by atoms with Crippen molar-refractivity contribution in [1.29, 1.82) is 5.26 Å². The monoisotopic (exact) mass is 248 g/mol. The van der Waals surface area contributed by atoms with E-state index in [1.807, 2.05) is 12.1 Å². The zero-order valence-electron chi connectivity index (χ0n) is 10.1. The van der Waals surface area contributed by atoms with E-state index in [9.17, 15) is 0 Å². The summed E-state index contributed by atoms with van der Waals surface area (Å²) >= 11 is 6.05. The molecule has 3 heteroatoms. The van der Waals surface area contributed by atoms with Crippen molar-refractivity contribution in [2.45, 2.75) is 26.2 Å². The number of anilines is 1. The number of aryl methyl sites for hydroxylation is 1. The van der Waals surface area contributed by atoms with Crippen molar-refractivity contribution in [3.05, 3.63) is 28.8 Å². The van der Waals surface area contributed by atoms with Gasteiger partial charge < -0.3 is 4.90 Å². The largest absolute Gasteiger partial charge is 0.371 e. The smallest absolute Gasteiger partial charge is 0.0625 e. The normalized spacial score (nSPS) is 20.1. The molecule has 1 aliphatic heterocycles. The molecule has 90 valence electrons. The third-order valence-corrected chi connectivity index (χ3v) is 3.65. The molecule has 0 spiro atoms. The highest BCUT2D eigenvalue weighted by molar-refractivity contribution is 6.30. The summed E-state index contributed by atoms with van der Waals surface area (Å²) < 4.78 is 0. The molecular formula is C14H17ClN2. The lowest BCUT2D eigenvalue weighted by Gasteiger charge is -2.34. The number of hydrogen-bond acceptors (Lipinski definition) is 2. The van der Waals surface area contributed by atoms with Gasteiger partial charge in [-0.15, -0.1) is 0 Å². The van der Waals surface area contributed by atoms with E-state index < -0.39 is 0 Å². The zero-order valence-corrected chi connectivity index (χ0v) is 10.9. The van der Waals surface area contributed by atoms with Gasteiger partial charge in [0, 0.05) is 30.2 Å². The Balaban J connectivity index is 2.16. The molecule has 0 radical (unpaired) electrons. The van der Waals surface area contributed by atoms with E-state index in [0.717, 1.165) is 24.5 Å². The van der Waals surface area contributed by atoms with Gasteiger partial charge in [-0.25, -0.2) is 0 Å². The van der Waals surface area contributed by atoms with Gasteiger partial charge in [0.2, 0.25) is 0 Å². The lowest BCUT2D eigenvalue weighted by Crippen LogP contribution is -2.35. The van der Waals surface area contributed by atoms with Gasteiger partial charge in [0.15, 0.2) is 0 Å². The van der Waals surface area contributed by atoms with Crippen molar-refractivity contribution in [2.75, 3.05) is 18.0 Å². The van der Waals surface area contributed by atoms with Crippen LogP contribution in [0.25, 0.3) is 0 Å². The van der Waals surface area contributed by atoms with Crippen molar-refractivity contribution < 1.29 is 0 Å². The van der Waals surface area contributed by atoms with Crippen molar-refractivity contribution >= 4 is 17.3 Å². The van der Waals surface area contributed by atoms with Crippen LogP contribution in [-0.2, 0) is 0 Å². The molecule has 1 aromatic rings. The molecular weight excluding hydrogens is 232 g/mol. The number of rotatable bonds is 2. The molecule has 1 heterocycles. The molecule has 1 aromatic carbocycles. The number of hydrogen-bond donors (Lipinski definition) is 0. The summed E-state index contributed by atoms with van der Waals surface area (Å²) in [5, 5.41) is 9.57. The summed E-state index contributed by atoms with van der Waals surface area (Å²) in [6.45, 7) is 4.16. The first-order chi connectivity index (χ1) is 8.20. The lowest BCUT2D eigenvalue weighted by molar-refractivity contribution is 0.421. The SMILES string of the molecule is Cc1ccc(Cl)cc1N1CCCC(CC#N)C1. The minimum absolute atomic E-state index is 0.507. The number of piperidine rings is 1. The van der Waals surface area contributed by atoms with Gasteiger partial charge in [-0.3, -0.25) is 0 Å². The first kappa shape index (κ1) is 12.3. The number of halogens is 1. The van der Waals surface area contributed by atoms with Crippen LogP contribution in [-0.4, -0.2) is 13.1 Å². The van der Waals surface area contributed by atoms with Crippen LogP contribution >= 0.6 is 11.6 Å². The van der Waals surface area contributed by atoms with Crippen LogP contribution in [0.5, 0.6) is 0 Å². The molecule has 1 aliphatic rings. The van der Waals surface area contributed by atoms with Crippen molar-refractivity contribution in [3.63, 3.8) is 0 Å². The van der Waals surface area contributed by atoms with Gasteiger partial charge in [-0.05, 0) is 43.4 Å². The summed E-state index contributed by atoms with van der Waals surface area (Å²) in [5.74, 6) is 0.507. The Hall–Kier alpha value is -1.20. The van der Waals surface area contributed by atoms with E-state index in [-0.39, 0.29) is 0 Å². The summed E-state index contributed by atoms with van der Waals surface area (Å²) in [7, 11) is 0. The van der Waals surface area contributed by atoms with E-state index in [2.05, 4.69) is 24.0 Å². The molecule has 0 saturated carbocycles. The average Bonchev–Trinajstić information content (AvgIpc) is 2.33. The quantitative estimate of drug-likeness (QED) is 0.797. The molecule has 0 amide bonds. The fraction of sp³-hybridized carbons (Fsp3) is 0.500. The van der Waals surface area contributed by atoms with E-state index in [4.69, 9.17) is 16.9 Å². The molecule has 0 bridgehead atoms. The number of benzene rings is 1.